The maximum atomic E-state index is 13.8. The molecule has 0 radical (unpaired) electrons. The first-order valence-electron chi connectivity index (χ1n) is 7.71. The molecule has 0 spiro atoms. The Kier molecular flexibility index (Phi) is 4.78. The molecule has 118 valence electrons. The van der Waals surface area contributed by atoms with Gasteiger partial charge in [-0.25, -0.2) is 4.39 Å². The molecule has 0 saturated heterocycles. The fourth-order valence-corrected chi connectivity index (χ4v) is 2.41. The fourth-order valence-electron chi connectivity index (χ4n) is 2.41. The quantitative estimate of drug-likeness (QED) is 0.760. The molecule has 23 heavy (non-hydrogen) atoms. The van der Waals surface area contributed by atoms with Crippen LogP contribution in [0.3, 0.4) is 0 Å². The van der Waals surface area contributed by atoms with E-state index in [2.05, 4.69) is 15.5 Å². The zero-order valence-electron chi connectivity index (χ0n) is 13.0. The molecule has 0 atom stereocenters. The minimum atomic E-state index is -0.237. The van der Waals surface area contributed by atoms with Gasteiger partial charge in [0.05, 0.1) is 6.54 Å². The van der Waals surface area contributed by atoms with E-state index in [1.807, 2.05) is 43.3 Å². The van der Waals surface area contributed by atoms with Crippen molar-refractivity contribution in [2.75, 3.05) is 6.54 Å². The van der Waals surface area contributed by atoms with Crippen molar-refractivity contribution in [2.45, 2.75) is 20.0 Å². The van der Waals surface area contributed by atoms with Gasteiger partial charge in [-0.3, -0.25) is 0 Å². The molecule has 0 aliphatic rings. The summed E-state index contributed by atoms with van der Waals surface area (Å²) in [7, 11) is 0. The molecule has 3 rings (SSSR count). The summed E-state index contributed by atoms with van der Waals surface area (Å²) in [4.78, 5) is 1.56. The number of hydrogen-bond donors (Lipinski definition) is 1. The van der Waals surface area contributed by atoms with Gasteiger partial charge < -0.3 is 5.32 Å². The number of aromatic nitrogens is 3. The normalized spacial score (nSPS) is 10.9. The maximum absolute atomic E-state index is 13.8. The van der Waals surface area contributed by atoms with Crippen LogP contribution in [-0.2, 0) is 13.1 Å². The van der Waals surface area contributed by atoms with Crippen LogP contribution < -0.4 is 5.32 Å². The molecule has 0 saturated carbocycles. The van der Waals surface area contributed by atoms with E-state index in [1.54, 1.807) is 16.9 Å². The third kappa shape index (κ3) is 3.63. The van der Waals surface area contributed by atoms with Gasteiger partial charge in [0.1, 0.15) is 17.2 Å². The first-order valence-corrected chi connectivity index (χ1v) is 7.71. The lowest BCUT2D eigenvalue weighted by atomic mass is 10.1. The molecule has 3 aromatic rings. The van der Waals surface area contributed by atoms with Gasteiger partial charge >= 0.3 is 0 Å². The van der Waals surface area contributed by atoms with Gasteiger partial charge in [-0.05, 0) is 12.6 Å². The second kappa shape index (κ2) is 7.15. The highest BCUT2D eigenvalue weighted by atomic mass is 19.1. The summed E-state index contributed by atoms with van der Waals surface area (Å²) >= 11 is 0. The van der Waals surface area contributed by atoms with Crippen LogP contribution in [0.15, 0.2) is 54.6 Å². The highest BCUT2D eigenvalue weighted by Crippen LogP contribution is 2.20. The van der Waals surface area contributed by atoms with Crippen molar-refractivity contribution < 1.29 is 4.39 Å². The van der Waals surface area contributed by atoms with Gasteiger partial charge in [-0.15, -0.1) is 0 Å². The molecule has 4 nitrogen and oxygen atoms in total. The minimum absolute atomic E-state index is 0.237. The van der Waals surface area contributed by atoms with Gasteiger partial charge in [0.2, 0.25) is 0 Å². The van der Waals surface area contributed by atoms with E-state index in [9.17, 15) is 4.39 Å². The molecule has 0 amide bonds. The summed E-state index contributed by atoms with van der Waals surface area (Å²) in [6, 6.07) is 16.6. The first-order chi connectivity index (χ1) is 11.3. The molecule has 0 bridgehead atoms. The molecular weight excluding hydrogens is 291 g/mol. The largest absolute Gasteiger partial charge is 0.311 e. The Bertz CT molecular complexity index is 768. The van der Waals surface area contributed by atoms with Crippen LogP contribution in [0.25, 0.3) is 11.3 Å². The Hall–Kier alpha value is -2.53. The predicted octanol–water partition coefficient (Wildman–Crippen LogP) is 3.24. The lowest BCUT2D eigenvalue weighted by Gasteiger charge is -2.01. The third-order valence-corrected chi connectivity index (χ3v) is 3.58. The molecule has 1 heterocycles. The second-order valence-corrected chi connectivity index (χ2v) is 5.26. The van der Waals surface area contributed by atoms with Crippen LogP contribution in [0.2, 0.25) is 0 Å². The average molecular weight is 310 g/mol. The van der Waals surface area contributed by atoms with E-state index in [0.717, 1.165) is 23.5 Å². The van der Waals surface area contributed by atoms with Crippen molar-refractivity contribution in [1.29, 1.82) is 0 Å². The first kappa shape index (κ1) is 15.4. The molecule has 0 aliphatic heterocycles. The summed E-state index contributed by atoms with van der Waals surface area (Å²) in [5, 5.41) is 12.4. The van der Waals surface area contributed by atoms with Crippen LogP contribution in [0.5, 0.6) is 0 Å². The van der Waals surface area contributed by atoms with E-state index < -0.39 is 0 Å². The Morgan fingerprint density at radius 2 is 1.74 bits per heavy atom. The summed E-state index contributed by atoms with van der Waals surface area (Å²) in [6.45, 7) is 3.86. The maximum Gasteiger partial charge on any atom is 0.128 e. The van der Waals surface area contributed by atoms with Gasteiger partial charge in [0.15, 0.2) is 0 Å². The van der Waals surface area contributed by atoms with Gasteiger partial charge in [-0.1, -0.05) is 55.5 Å². The third-order valence-electron chi connectivity index (χ3n) is 3.58. The molecule has 0 unspecified atom stereocenters. The molecule has 5 heteroatoms. The highest BCUT2D eigenvalue weighted by molar-refractivity contribution is 5.60. The summed E-state index contributed by atoms with van der Waals surface area (Å²) in [5.41, 5.74) is 3.30. The zero-order chi connectivity index (χ0) is 16.1. The number of halogens is 1. The lowest BCUT2D eigenvalue weighted by molar-refractivity contribution is 0.544. The van der Waals surface area contributed by atoms with Crippen molar-refractivity contribution in [3.05, 3.63) is 71.7 Å². The Morgan fingerprint density at radius 1 is 1.00 bits per heavy atom. The SMILES string of the molecule is CCNCc1nn(Cc2ccccc2F)nc1-c1ccccc1. The number of nitrogens with one attached hydrogen (secondary N) is 1. The summed E-state index contributed by atoms with van der Waals surface area (Å²) in [6.07, 6.45) is 0. The van der Waals surface area contributed by atoms with Gasteiger partial charge in [0, 0.05) is 17.7 Å². The van der Waals surface area contributed by atoms with Crippen molar-refractivity contribution in [3.63, 3.8) is 0 Å². The van der Waals surface area contributed by atoms with E-state index in [-0.39, 0.29) is 5.82 Å². The zero-order valence-corrected chi connectivity index (χ0v) is 13.0. The Labute approximate surface area is 135 Å². The molecule has 1 aromatic heterocycles. The van der Waals surface area contributed by atoms with Crippen LogP contribution >= 0.6 is 0 Å². The Balaban J connectivity index is 1.93. The van der Waals surface area contributed by atoms with Crippen molar-refractivity contribution in [3.8, 4) is 11.3 Å². The van der Waals surface area contributed by atoms with Crippen LogP contribution in [0.4, 0.5) is 4.39 Å². The van der Waals surface area contributed by atoms with E-state index >= 15 is 0 Å². The van der Waals surface area contributed by atoms with Crippen molar-refractivity contribution >= 4 is 0 Å². The summed E-state index contributed by atoms with van der Waals surface area (Å²) < 4.78 is 13.8. The Morgan fingerprint density at radius 3 is 2.48 bits per heavy atom. The topological polar surface area (TPSA) is 42.7 Å². The van der Waals surface area contributed by atoms with E-state index in [0.29, 0.717) is 18.7 Å². The van der Waals surface area contributed by atoms with Gasteiger partial charge in [-0.2, -0.15) is 15.0 Å². The molecule has 2 aromatic carbocycles. The second-order valence-electron chi connectivity index (χ2n) is 5.26. The number of benzene rings is 2. The highest BCUT2D eigenvalue weighted by Gasteiger charge is 2.13. The predicted molar refractivity (Wildman–Crippen MR) is 88.3 cm³/mol. The smallest absolute Gasteiger partial charge is 0.128 e. The van der Waals surface area contributed by atoms with Crippen LogP contribution in [-0.4, -0.2) is 21.5 Å². The van der Waals surface area contributed by atoms with E-state index in [4.69, 9.17) is 0 Å². The standard InChI is InChI=1S/C18H19FN4/c1-2-20-12-17-18(14-8-4-3-5-9-14)22-23(21-17)13-15-10-6-7-11-16(15)19/h3-11,20H,2,12-13H2,1H3. The van der Waals surface area contributed by atoms with Crippen molar-refractivity contribution in [2.24, 2.45) is 0 Å². The monoisotopic (exact) mass is 310 g/mol. The number of nitrogens with zero attached hydrogens (tertiary/aromatic N) is 3. The molecular formula is C18H19FN4. The number of rotatable bonds is 6. The van der Waals surface area contributed by atoms with Crippen LogP contribution in [0, 0.1) is 5.82 Å². The van der Waals surface area contributed by atoms with Crippen LogP contribution in [0.1, 0.15) is 18.2 Å². The van der Waals surface area contributed by atoms with Gasteiger partial charge in [0.25, 0.3) is 0 Å². The molecule has 0 fully saturated rings. The lowest BCUT2D eigenvalue weighted by Crippen LogP contribution is -2.13. The molecule has 1 N–H and O–H groups in total. The fraction of sp³-hybridized carbons (Fsp3) is 0.222. The summed E-state index contributed by atoms with van der Waals surface area (Å²) in [5.74, 6) is -0.237. The number of hydrogen-bond acceptors (Lipinski definition) is 3. The minimum Gasteiger partial charge on any atom is -0.311 e. The van der Waals surface area contributed by atoms with E-state index in [1.165, 1.54) is 6.07 Å². The van der Waals surface area contributed by atoms with Crippen molar-refractivity contribution in [1.82, 2.24) is 20.3 Å². The molecule has 0 aliphatic carbocycles. The average Bonchev–Trinajstić information content (AvgIpc) is 2.99.